The van der Waals surface area contributed by atoms with Gasteiger partial charge in [-0.1, -0.05) is 29.8 Å². The Morgan fingerprint density at radius 3 is 2.85 bits per heavy atom. The van der Waals surface area contributed by atoms with Crippen molar-refractivity contribution in [3.05, 3.63) is 41.7 Å². The number of amides is 1. The SMILES string of the molecule is O=C(N[C@H]1CCC[C@@H](Nc2ncc(Cl)c(-c3c[nH]c4ccccc34)n2)C1)[C@@H]1CC(F)(F)CN1. The summed E-state index contributed by atoms with van der Waals surface area (Å²) in [6.07, 6.45) is 6.30. The highest BCUT2D eigenvalue weighted by Crippen LogP contribution is 2.33. The Bertz CT molecular complexity index is 1170. The molecular formula is C23H25ClF2N6O. The average Bonchev–Trinajstić information content (AvgIpc) is 3.38. The van der Waals surface area contributed by atoms with Crippen LogP contribution in [0.5, 0.6) is 0 Å². The highest BCUT2D eigenvalue weighted by molar-refractivity contribution is 6.33. The fourth-order valence-corrected chi connectivity index (χ4v) is 4.92. The number of benzene rings is 1. The number of carbonyl (C=O) groups excluding carboxylic acids is 1. The number of halogens is 3. The lowest BCUT2D eigenvalue weighted by Crippen LogP contribution is -2.48. The van der Waals surface area contributed by atoms with E-state index in [9.17, 15) is 13.6 Å². The van der Waals surface area contributed by atoms with Crippen LogP contribution in [-0.2, 0) is 4.79 Å². The van der Waals surface area contributed by atoms with Crippen LogP contribution in [0.15, 0.2) is 36.7 Å². The quantitative estimate of drug-likeness (QED) is 0.446. The normalized spacial score (nSPS) is 24.6. The summed E-state index contributed by atoms with van der Waals surface area (Å²) in [5, 5.41) is 10.4. The van der Waals surface area contributed by atoms with E-state index < -0.39 is 24.9 Å². The lowest BCUT2D eigenvalue weighted by molar-refractivity contribution is -0.124. The Balaban J connectivity index is 1.26. The predicted octanol–water partition coefficient (Wildman–Crippen LogP) is 4.11. The summed E-state index contributed by atoms with van der Waals surface area (Å²) in [6, 6.07) is 7.06. The molecule has 1 amide bonds. The lowest BCUT2D eigenvalue weighted by atomic mass is 9.90. The number of hydrogen-bond acceptors (Lipinski definition) is 5. The molecule has 2 fully saturated rings. The number of aromatic nitrogens is 3. The molecule has 2 aromatic heterocycles. The monoisotopic (exact) mass is 474 g/mol. The number of carbonyl (C=O) groups is 1. The zero-order valence-corrected chi connectivity index (χ0v) is 18.6. The Labute approximate surface area is 194 Å². The maximum absolute atomic E-state index is 13.4. The van der Waals surface area contributed by atoms with Gasteiger partial charge in [-0.3, -0.25) is 10.1 Å². The Morgan fingerprint density at radius 1 is 1.21 bits per heavy atom. The zero-order chi connectivity index (χ0) is 23.0. The first-order valence-corrected chi connectivity index (χ1v) is 11.5. The second-order valence-corrected chi connectivity index (χ2v) is 9.25. The summed E-state index contributed by atoms with van der Waals surface area (Å²) in [6.45, 7) is -0.452. The van der Waals surface area contributed by atoms with Crippen molar-refractivity contribution in [1.82, 2.24) is 25.6 Å². The minimum Gasteiger partial charge on any atom is -0.360 e. The molecule has 0 bridgehead atoms. The van der Waals surface area contributed by atoms with E-state index in [1.54, 1.807) is 6.20 Å². The molecule has 1 aliphatic carbocycles. The third kappa shape index (κ3) is 4.79. The zero-order valence-electron chi connectivity index (χ0n) is 17.9. The topological polar surface area (TPSA) is 94.7 Å². The van der Waals surface area contributed by atoms with Crippen LogP contribution < -0.4 is 16.0 Å². The number of para-hydroxylation sites is 1. The van der Waals surface area contributed by atoms with Crippen LogP contribution >= 0.6 is 11.6 Å². The van der Waals surface area contributed by atoms with Crippen LogP contribution in [0, 0.1) is 0 Å². The van der Waals surface area contributed by atoms with E-state index in [2.05, 4.69) is 30.9 Å². The van der Waals surface area contributed by atoms with E-state index in [1.165, 1.54) is 0 Å². The summed E-state index contributed by atoms with van der Waals surface area (Å²) in [5.74, 6) is -2.72. The molecule has 0 spiro atoms. The molecular weight excluding hydrogens is 450 g/mol. The number of alkyl halides is 2. The highest BCUT2D eigenvalue weighted by atomic mass is 35.5. The summed E-state index contributed by atoms with van der Waals surface area (Å²) < 4.78 is 26.8. The average molecular weight is 475 g/mol. The van der Waals surface area contributed by atoms with Crippen LogP contribution in [0.2, 0.25) is 5.02 Å². The summed E-state index contributed by atoms with van der Waals surface area (Å²) in [5.41, 5.74) is 2.54. The van der Waals surface area contributed by atoms with Gasteiger partial charge >= 0.3 is 0 Å². The van der Waals surface area contributed by atoms with Crippen molar-refractivity contribution >= 4 is 34.4 Å². The smallest absolute Gasteiger partial charge is 0.262 e. The van der Waals surface area contributed by atoms with Gasteiger partial charge in [0.15, 0.2) is 0 Å². The van der Waals surface area contributed by atoms with Crippen molar-refractivity contribution in [3.63, 3.8) is 0 Å². The van der Waals surface area contributed by atoms with Crippen molar-refractivity contribution in [2.45, 2.75) is 56.2 Å². The van der Waals surface area contributed by atoms with E-state index in [0.717, 1.165) is 35.7 Å². The first-order chi connectivity index (χ1) is 15.9. The van der Waals surface area contributed by atoms with Crippen molar-refractivity contribution in [2.24, 2.45) is 0 Å². The molecule has 0 unspecified atom stereocenters. The van der Waals surface area contributed by atoms with Crippen LogP contribution in [0.1, 0.15) is 32.1 Å². The van der Waals surface area contributed by atoms with Crippen LogP contribution in [-0.4, -0.2) is 51.5 Å². The molecule has 33 heavy (non-hydrogen) atoms. The van der Waals surface area contributed by atoms with Gasteiger partial charge in [0.05, 0.1) is 29.5 Å². The predicted molar refractivity (Wildman–Crippen MR) is 123 cm³/mol. The van der Waals surface area contributed by atoms with Crippen LogP contribution in [0.4, 0.5) is 14.7 Å². The summed E-state index contributed by atoms with van der Waals surface area (Å²) in [4.78, 5) is 24.7. The van der Waals surface area contributed by atoms with Gasteiger partial charge in [-0.2, -0.15) is 0 Å². The number of anilines is 1. The molecule has 0 radical (unpaired) electrons. The van der Waals surface area contributed by atoms with E-state index in [1.807, 2.05) is 30.5 Å². The number of rotatable bonds is 5. The van der Waals surface area contributed by atoms with Gasteiger partial charge in [0, 0.05) is 41.2 Å². The van der Waals surface area contributed by atoms with Gasteiger partial charge in [0.2, 0.25) is 11.9 Å². The molecule has 3 heterocycles. The summed E-state index contributed by atoms with van der Waals surface area (Å²) >= 11 is 6.42. The Hall–Kier alpha value is -2.78. The van der Waals surface area contributed by atoms with Crippen LogP contribution in [0.3, 0.4) is 0 Å². The molecule has 3 atom stereocenters. The first kappa shape index (κ1) is 22.0. The maximum Gasteiger partial charge on any atom is 0.262 e. The van der Waals surface area contributed by atoms with Gasteiger partial charge in [-0.05, 0) is 31.7 Å². The molecule has 1 aromatic carbocycles. The van der Waals surface area contributed by atoms with Crippen LogP contribution in [0.25, 0.3) is 22.2 Å². The Morgan fingerprint density at radius 2 is 2.03 bits per heavy atom. The number of H-pyrrole nitrogens is 1. The minimum atomic E-state index is -2.83. The molecule has 1 saturated heterocycles. The highest BCUT2D eigenvalue weighted by Gasteiger charge is 2.42. The van der Waals surface area contributed by atoms with E-state index in [4.69, 9.17) is 11.6 Å². The van der Waals surface area contributed by atoms with Crippen molar-refractivity contribution in [2.75, 3.05) is 11.9 Å². The molecule has 2 aliphatic rings. The number of nitrogens with zero attached hydrogens (tertiary/aromatic N) is 2. The number of nitrogens with one attached hydrogen (secondary N) is 4. The maximum atomic E-state index is 13.4. The van der Waals surface area contributed by atoms with E-state index in [-0.39, 0.29) is 18.0 Å². The molecule has 1 saturated carbocycles. The van der Waals surface area contributed by atoms with Crippen molar-refractivity contribution < 1.29 is 13.6 Å². The molecule has 4 N–H and O–H groups in total. The molecule has 3 aromatic rings. The molecule has 10 heteroatoms. The second kappa shape index (κ2) is 8.87. The lowest BCUT2D eigenvalue weighted by Gasteiger charge is -2.31. The second-order valence-electron chi connectivity index (χ2n) is 8.85. The fraction of sp³-hybridized carbons (Fsp3) is 0.435. The van der Waals surface area contributed by atoms with E-state index >= 15 is 0 Å². The number of fused-ring (bicyclic) bond motifs is 1. The van der Waals surface area contributed by atoms with Gasteiger partial charge in [-0.25, -0.2) is 18.7 Å². The van der Waals surface area contributed by atoms with Gasteiger partial charge < -0.3 is 15.6 Å². The molecule has 7 nitrogen and oxygen atoms in total. The van der Waals surface area contributed by atoms with Gasteiger partial charge in [0.1, 0.15) is 0 Å². The van der Waals surface area contributed by atoms with Gasteiger partial charge in [0.25, 0.3) is 5.92 Å². The fourth-order valence-electron chi connectivity index (χ4n) is 4.73. The standard InChI is InChI=1S/C23H25ClF2N6O/c24-17-11-28-22(32-20(17)16-10-27-18-7-2-1-6-15(16)18)31-14-5-3-4-13(8-14)30-21(33)19-9-23(25,26)12-29-19/h1-2,6-7,10-11,13-14,19,27,29H,3-5,8-9,12H2,(H,30,33)(H,28,31,32)/t13-,14+,19-/m0/s1. The first-order valence-electron chi connectivity index (χ1n) is 11.2. The molecule has 174 valence electrons. The van der Waals surface area contributed by atoms with Crippen molar-refractivity contribution in [3.8, 4) is 11.3 Å². The third-order valence-corrected chi connectivity index (χ3v) is 6.65. The van der Waals surface area contributed by atoms with E-state index in [0.29, 0.717) is 23.1 Å². The van der Waals surface area contributed by atoms with Gasteiger partial charge in [-0.15, -0.1) is 0 Å². The molecule has 5 rings (SSSR count). The summed E-state index contributed by atoms with van der Waals surface area (Å²) in [7, 11) is 0. The number of aromatic amines is 1. The Kier molecular flexibility index (Phi) is 5.92. The third-order valence-electron chi connectivity index (χ3n) is 6.37. The number of hydrogen-bond donors (Lipinski definition) is 4. The molecule has 1 aliphatic heterocycles. The minimum absolute atomic E-state index is 0.0547. The van der Waals surface area contributed by atoms with Crippen molar-refractivity contribution in [1.29, 1.82) is 0 Å². The largest absolute Gasteiger partial charge is 0.360 e.